The van der Waals surface area contributed by atoms with Crippen LogP contribution in [-0.4, -0.2) is 24.3 Å². The van der Waals surface area contributed by atoms with Crippen LogP contribution in [0.3, 0.4) is 0 Å². The number of hydrogen-bond acceptors (Lipinski definition) is 2. The SMILES string of the molecule is Cc1c([SiH2]Cn2cncn2)cccc1-c1ccc(Cl)cc1Cl. The average molecular weight is 348 g/mol. The van der Waals surface area contributed by atoms with Gasteiger partial charge in [0.15, 0.2) is 0 Å². The lowest BCUT2D eigenvalue weighted by atomic mass is 10.0. The van der Waals surface area contributed by atoms with E-state index in [0.717, 1.165) is 11.7 Å². The molecule has 2 aromatic carbocycles. The van der Waals surface area contributed by atoms with Crippen LogP contribution in [0.5, 0.6) is 0 Å². The Labute approximate surface area is 141 Å². The summed E-state index contributed by atoms with van der Waals surface area (Å²) in [5, 5.41) is 6.93. The number of rotatable bonds is 4. The molecule has 3 nitrogen and oxygen atoms in total. The van der Waals surface area contributed by atoms with Gasteiger partial charge >= 0.3 is 0 Å². The van der Waals surface area contributed by atoms with E-state index < -0.39 is 9.52 Å². The van der Waals surface area contributed by atoms with Crippen LogP contribution in [-0.2, 0) is 6.17 Å². The third kappa shape index (κ3) is 3.24. The molecule has 0 radical (unpaired) electrons. The summed E-state index contributed by atoms with van der Waals surface area (Å²) in [4.78, 5) is 3.99. The average Bonchev–Trinajstić information content (AvgIpc) is 3.00. The van der Waals surface area contributed by atoms with Gasteiger partial charge in [0.05, 0.1) is 9.52 Å². The van der Waals surface area contributed by atoms with Gasteiger partial charge in [0.1, 0.15) is 12.7 Å². The molecular formula is C16H15Cl2N3Si. The second-order valence-corrected chi connectivity index (χ2v) is 7.68. The topological polar surface area (TPSA) is 30.7 Å². The molecule has 0 aliphatic carbocycles. The van der Waals surface area contributed by atoms with E-state index in [1.54, 1.807) is 18.7 Å². The minimum absolute atomic E-state index is 0.464. The predicted molar refractivity (Wildman–Crippen MR) is 94.8 cm³/mol. The zero-order valence-corrected chi connectivity index (χ0v) is 15.1. The Morgan fingerprint density at radius 1 is 1.14 bits per heavy atom. The summed E-state index contributed by atoms with van der Waals surface area (Å²) in [5.74, 6) is 0. The quantitative estimate of drug-likeness (QED) is 0.679. The standard InChI is InChI=1S/C16H15Cl2N3Si/c1-11-13(14-6-5-12(17)7-15(14)18)3-2-4-16(11)22-10-21-9-19-8-20-21/h2-9H,10,22H2,1H3. The molecule has 0 atom stereocenters. The highest BCUT2D eigenvalue weighted by atomic mass is 35.5. The van der Waals surface area contributed by atoms with Crippen LogP contribution in [0.4, 0.5) is 0 Å². The smallest absolute Gasteiger partial charge is 0.137 e. The lowest BCUT2D eigenvalue weighted by Gasteiger charge is -2.13. The third-order valence-electron chi connectivity index (χ3n) is 3.74. The van der Waals surface area contributed by atoms with Crippen LogP contribution in [0.1, 0.15) is 5.56 Å². The van der Waals surface area contributed by atoms with E-state index in [4.69, 9.17) is 23.2 Å². The zero-order chi connectivity index (χ0) is 15.5. The van der Waals surface area contributed by atoms with Crippen LogP contribution in [0.15, 0.2) is 49.1 Å². The fraction of sp³-hybridized carbons (Fsp3) is 0.125. The Kier molecular flexibility index (Phi) is 4.62. The molecule has 0 aliphatic rings. The predicted octanol–water partition coefficient (Wildman–Crippen LogP) is 3.01. The normalized spacial score (nSPS) is 11.4. The van der Waals surface area contributed by atoms with Crippen molar-refractivity contribution >= 4 is 37.9 Å². The molecule has 112 valence electrons. The van der Waals surface area contributed by atoms with E-state index >= 15 is 0 Å². The van der Waals surface area contributed by atoms with Crippen LogP contribution < -0.4 is 5.19 Å². The van der Waals surface area contributed by atoms with Crippen molar-refractivity contribution in [3.63, 3.8) is 0 Å². The molecule has 0 unspecified atom stereocenters. The lowest BCUT2D eigenvalue weighted by molar-refractivity contribution is 0.738. The molecular weight excluding hydrogens is 333 g/mol. The maximum absolute atomic E-state index is 6.35. The fourth-order valence-corrected chi connectivity index (χ4v) is 4.62. The van der Waals surface area contributed by atoms with Gasteiger partial charge < -0.3 is 0 Å². The molecule has 0 spiro atoms. The van der Waals surface area contributed by atoms with E-state index in [1.807, 2.05) is 16.8 Å². The van der Waals surface area contributed by atoms with Gasteiger partial charge in [-0.3, -0.25) is 4.68 Å². The summed E-state index contributed by atoms with van der Waals surface area (Å²) in [7, 11) is -0.464. The van der Waals surface area contributed by atoms with Gasteiger partial charge in [-0.15, -0.1) is 0 Å². The number of benzene rings is 2. The largest absolute Gasteiger partial charge is 0.256 e. The Bertz CT molecular complexity index is 788. The Hall–Kier alpha value is -1.62. The first-order chi connectivity index (χ1) is 10.6. The second-order valence-electron chi connectivity index (χ2n) is 5.12. The summed E-state index contributed by atoms with van der Waals surface area (Å²) >= 11 is 12.3. The molecule has 0 bridgehead atoms. The lowest BCUT2D eigenvalue weighted by Crippen LogP contribution is -2.23. The fourth-order valence-electron chi connectivity index (χ4n) is 2.54. The monoisotopic (exact) mass is 347 g/mol. The summed E-state index contributed by atoms with van der Waals surface area (Å²) in [6.45, 7) is 2.16. The number of hydrogen-bond donors (Lipinski definition) is 0. The Morgan fingerprint density at radius 2 is 2.00 bits per heavy atom. The highest BCUT2D eigenvalue weighted by molar-refractivity contribution is 6.53. The summed E-state index contributed by atoms with van der Waals surface area (Å²) in [6.07, 6.45) is 4.28. The van der Waals surface area contributed by atoms with Crippen molar-refractivity contribution in [3.05, 3.63) is 64.7 Å². The van der Waals surface area contributed by atoms with Crippen molar-refractivity contribution in [2.75, 3.05) is 0 Å². The van der Waals surface area contributed by atoms with Gasteiger partial charge in [-0.25, -0.2) is 4.98 Å². The highest BCUT2D eigenvalue weighted by Gasteiger charge is 2.10. The number of aromatic nitrogens is 3. The molecule has 0 saturated heterocycles. The van der Waals surface area contributed by atoms with Gasteiger partial charge in [-0.2, -0.15) is 5.10 Å². The van der Waals surface area contributed by atoms with Crippen LogP contribution in [0.25, 0.3) is 11.1 Å². The number of nitrogens with zero attached hydrogens (tertiary/aromatic N) is 3. The van der Waals surface area contributed by atoms with E-state index in [9.17, 15) is 0 Å². The highest BCUT2D eigenvalue weighted by Crippen LogP contribution is 2.31. The maximum atomic E-state index is 6.35. The van der Waals surface area contributed by atoms with Gasteiger partial charge in [0, 0.05) is 21.8 Å². The molecule has 0 amide bonds. The molecule has 0 aliphatic heterocycles. The van der Waals surface area contributed by atoms with Crippen molar-refractivity contribution in [2.24, 2.45) is 0 Å². The molecule has 22 heavy (non-hydrogen) atoms. The van der Waals surface area contributed by atoms with E-state index in [0.29, 0.717) is 10.0 Å². The van der Waals surface area contributed by atoms with E-state index in [2.05, 4.69) is 35.2 Å². The zero-order valence-electron chi connectivity index (χ0n) is 12.1. The van der Waals surface area contributed by atoms with Crippen molar-refractivity contribution in [1.29, 1.82) is 0 Å². The molecule has 3 aromatic rings. The molecule has 0 N–H and O–H groups in total. The molecule has 1 aromatic heterocycles. The van der Waals surface area contributed by atoms with Crippen molar-refractivity contribution in [1.82, 2.24) is 14.8 Å². The summed E-state index contributed by atoms with van der Waals surface area (Å²) in [6, 6.07) is 12.1. The maximum Gasteiger partial charge on any atom is 0.137 e. The van der Waals surface area contributed by atoms with Gasteiger partial charge in [-0.05, 0) is 30.2 Å². The second kappa shape index (κ2) is 6.65. The first kappa shape index (κ1) is 15.3. The van der Waals surface area contributed by atoms with E-state index in [-0.39, 0.29) is 0 Å². The van der Waals surface area contributed by atoms with Crippen molar-refractivity contribution in [2.45, 2.75) is 13.1 Å². The molecule has 0 saturated carbocycles. The van der Waals surface area contributed by atoms with Crippen molar-refractivity contribution in [3.8, 4) is 11.1 Å². The van der Waals surface area contributed by atoms with Gasteiger partial charge in [0.25, 0.3) is 0 Å². The summed E-state index contributed by atoms with van der Waals surface area (Å²) < 4.78 is 1.90. The molecule has 3 rings (SSSR count). The van der Waals surface area contributed by atoms with E-state index in [1.165, 1.54) is 16.3 Å². The number of halogens is 2. The Balaban J connectivity index is 1.91. The van der Waals surface area contributed by atoms with Crippen molar-refractivity contribution < 1.29 is 0 Å². The molecule has 6 heteroatoms. The molecule has 1 heterocycles. The Morgan fingerprint density at radius 3 is 2.73 bits per heavy atom. The summed E-state index contributed by atoms with van der Waals surface area (Å²) in [5.41, 5.74) is 3.49. The van der Waals surface area contributed by atoms with Gasteiger partial charge in [-0.1, -0.05) is 52.7 Å². The first-order valence-electron chi connectivity index (χ1n) is 7.01. The minimum Gasteiger partial charge on any atom is -0.256 e. The first-order valence-corrected chi connectivity index (χ1v) is 9.48. The van der Waals surface area contributed by atoms with Crippen LogP contribution >= 0.6 is 23.2 Å². The third-order valence-corrected chi connectivity index (χ3v) is 6.28. The van der Waals surface area contributed by atoms with Crippen LogP contribution in [0.2, 0.25) is 10.0 Å². The van der Waals surface area contributed by atoms with Crippen LogP contribution in [0, 0.1) is 6.92 Å². The molecule has 0 fully saturated rings. The minimum atomic E-state index is -0.464. The van der Waals surface area contributed by atoms with Gasteiger partial charge in [0.2, 0.25) is 0 Å².